The fourth-order valence-electron chi connectivity index (χ4n) is 3.62. The number of hydrogen-bond acceptors (Lipinski definition) is 4. The Morgan fingerprint density at radius 1 is 1.16 bits per heavy atom. The summed E-state index contributed by atoms with van der Waals surface area (Å²) in [7, 11) is 0. The van der Waals surface area contributed by atoms with E-state index in [0.717, 1.165) is 30.9 Å². The number of benzene rings is 1. The molecule has 3 rings (SSSR count). The lowest BCUT2D eigenvalue weighted by molar-refractivity contribution is -0.132. The van der Waals surface area contributed by atoms with Crippen LogP contribution in [-0.4, -0.2) is 42.6 Å². The van der Waals surface area contributed by atoms with E-state index in [4.69, 9.17) is 10.5 Å². The van der Waals surface area contributed by atoms with Crippen LogP contribution in [0, 0.1) is 5.92 Å². The van der Waals surface area contributed by atoms with Crippen molar-refractivity contribution in [3.8, 4) is 0 Å². The minimum absolute atomic E-state index is 0.0255. The Bertz CT molecular complexity index is 553. The Balaban J connectivity index is 1.42. The van der Waals surface area contributed by atoms with E-state index in [0.29, 0.717) is 13.1 Å². The number of nitrogens with one attached hydrogen (secondary N) is 1. The number of hydrogen-bond donors (Lipinski definition) is 2. The molecule has 2 heterocycles. The summed E-state index contributed by atoms with van der Waals surface area (Å²) in [6, 6.07) is 8.58. The van der Waals surface area contributed by atoms with Crippen molar-refractivity contribution in [2.45, 2.75) is 57.9 Å². The van der Waals surface area contributed by atoms with E-state index >= 15 is 0 Å². The molecule has 5 nitrogen and oxygen atoms in total. The third-order valence-corrected chi connectivity index (χ3v) is 5.44. The van der Waals surface area contributed by atoms with Gasteiger partial charge >= 0.3 is 0 Å². The zero-order valence-corrected chi connectivity index (χ0v) is 15.2. The quantitative estimate of drug-likeness (QED) is 0.828. The van der Waals surface area contributed by atoms with Crippen molar-refractivity contribution in [2.24, 2.45) is 11.7 Å². The molecule has 0 saturated carbocycles. The molecule has 5 heteroatoms. The van der Waals surface area contributed by atoms with Crippen LogP contribution >= 0.6 is 0 Å². The van der Waals surface area contributed by atoms with E-state index in [-0.39, 0.29) is 18.1 Å². The highest BCUT2D eigenvalue weighted by Gasteiger charge is 2.29. The van der Waals surface area contributed by atoms with Gasteiger partial charge < -0.3 is 15.8 Å². The van der Waals surface area contributed by atoms with Gasteiger partial charge in [-0.25, -0.2) is 0 Å². The van der Waals surface area contributed by atoms with Crippen LogP contribution in [0.4, 0.5) is 0 Å². The molecule has 0 aromatic heterocycles. The highest BCUT2D eigenvalue weighted by atomic mass is 16.5. The zero-order chi connectivity index (χ0) is 17.6. The molecule has 0 aliphatic carbocycles. The number of carbonyl (C=O) groups is 1. The highest BCUT2D eigenvalue weighted by Crippen LogP contribution is 2.20. The van der Waals surface area contributed by atoms with Crippen molar-refractivity contribution < 1.29 is 9.53 Å². The molecule has 2 fully saturated rings. The lowest BCUT2D eigenvalue weighted by atomic mass is 9.99. The molecule has 3 N–H and O–H groups in total. The van der Waals surface area contributed by atoms with E-state index in [9.17, 15) is 4.79 Å². The summed E-state index contributed by atoms with van der Waals surface area (Å²) in [5, 5.41) is 2.98. The summed E-state index contributed by atoms with van der Waals surface area (Å²) in [6.07, 6.45) is 3.94. The minimum atomic E-state index is -0.339. The monoisotopic (exact) mass is 345 g/mol. The van der Waals surface area contributed by atoms with Gasteiger partial charge in [0.2, 0.25) is 5.91 Å². The largest absolute Gasteiger partial charge is 0.364 e. The van der Waals surface area contributed by atoms with Gasteiger partial charge in [-0.3, -0.25) is 9.69 Å². The first-order valence-electron chi connectivity index (χ1n) is 9.57. The Morgan fingerprint density at radius 3 is 2.48 bits per heavy atom. The second-order valence-corrected chi connectivity index (χ2v) is 7.55. The van der Waals surface area contributed by atoms with E-state index in [2.05, 4.69) is 41.4 Å². The molecule has 0 bridgehead atoms. The number of piperidine rings is 1. The van der Waals surface area contributed by atoms with Crippen LogP contribution in [0.1, 0.15) is 43.7 Å². The van der Waals surface area contributed by atoms with Crippen LogP contribution in [0.25, 0.3) is 0 Å². The topological polar surface area (TPSA) is 67.6 Å². The Morgan fingerprint density at radius 2 is 1.84 bits per heavy atom. The van der Waals surface area contributed by atoms with Gasteiger partial charge in [-0.1, -0.05) is 31.2 Å². The van der Waals surface area contributed by atoms with Gasteiger partial charge in [-0.05, 0) is 55.8 Å². The third kappa shape index (κ3) is 5.27. The predicted octanol–water partition coefficient (Wildman–Crippen LogP) is 2.04. The summed E-state index contributed by atoms with van der Waals surface area (Å²) in [4.78, 5) is 14.7. The molecule has 138 valence electrons. The van der Waals surface area contributed by atoms with Gasteiger partial charge in [0, 0.05) is 19.6 Å². The van der Waals surface area contributed by atoms with Gasteiger partial charge in [0.1, 0.15) is 6.10 Å². The third-order valence-electron chi connectivity index (χ3n) is 5.44. The van der Waals surface area contributed by atoms with Crippen molar-refractivity contribution in [1.29, 1.82) is 0 Å². The van der Waals surface area contributed by atoms with Crippen LogP contribution in [0.5, 0.6) is 0 Å². The number of likely N-dealkylation sites (tertiary alicyclic amines) is 1. The lowest BCUT2D eigenvalue weighted by Crippen LogP contribution is -2.35. The second-order valence-electron chi connectivity index (χ2n) is 7.55. The molecule has 1 aromatic carbocycles. The van der Waals surface area contributed by atoms with E-state index in [1.165, 1.54) is 31.5 Å². The molecule has 2 saturated heterocycles. The molecule has 2 atom stereocenters. The number of nitrogens with two attached hydrogens (primary N) is 1. The fourth-order valence-corrected chi connectivity index (χ4v) is 3.62. The molecular weight excluding hydrogens is 314 g/mol. The molecular formula is C20H31N3O2. The van der Waals surface area contributed by atoms with E-state index < -0.39 is 0 Å². The molecule has 0 radical (unpaired) electrons. The van der Waals surface area contributed by atoms with Gasteiger partial charge in [0.25, 0.3) is 0 Å². The number of ether oxygens (including phenoxy) is 1. The minimum Gasteiger partial charge on any atom is -0.364 e. The molecule has 2 aliphatic rings. The van der Waals surface area contributed by atoms with Crippen LogP contribution in [-0.2, 0) is 22.6 Å². The van der Waals surface area contributed by atoms with E-state index in [1.807, 2.05) is 0 Å². The molecule has 1 amide bonds. The maximum atomic E-state index is 12.2. The SMILES string of the molecule is CC1CCN(Cc2ccc(CNC(=O)[C@@H]3CC[C@H](CN)O3)cc2)CC1. The Hall–Kier alpha value is -1.43. The second kappa shape index (κ2) is 8.79. The maximum absolute atomic E-state index is 12.2. The maximum Gasteiger partial charge on any atom is 0.249 e. The smallest absolute Gasteiger partial charge is 0.249 e. The molecule has 2 aliphatic heterocycles. The summed E-state index contributed by atoms with van der Waals surface area (Å²) in [5.74, 6) is 0.841. The van der Waals surface area contributed by atoms with Gasteiger partial charge in [-0.2, -0.15) is 0 Å². The fraction of sp³-hybridized carbons (Fsp3) is 0.650. The number of nitrogens with zero attached hydrogens (tertiary/aromatic N) is 1. The first-order valence-corrected chi connectivity index (χ1v) is 9.57. The molecule has 0 unspecified atom stereocenters. The van der Waals surface area contributed by atoms with Gasteiger partial charge in [0.15, 0.2) is 0 Å². The standard InChI is InChI=1S/C20H31N3O2/c1-15-8-10-23(11-9-15)14-17-4-2-16(3-5-17)13-22-20(24)19-7-6-18(12-21)25-19/h2-5,15,18-19H,6-14,21H2,1H3,(H,22,24)/t18-,19+/m1/s1. The highest BCUT2D eigenvalue weighted by molar-refractivity contribution is 5.81. The number of amides is 1. The predicted molar refractivity (Wildman–Crippen MR) is 98.9 cm³/mol. The summed E-state index contributed by atoms with van der Waals surface area (Å²) in [5.41, 5.74) is 8.05. The average Bonchev–Trinajstić information content (AvgIpc) is 3.12. The van der Waals surface area contributed by atoms with Crippen molar-refractivity contribution in [2.75, 3.05) is 19.6 Å². The lowest BCUT2D eigenvalue weighted by Gasteiger charge is -2.30. The van der Waals surface area contributed by atoms with Crippen molar-refractivity contribution in [3.63, 3.8) is 0 Å². The van der Waals surface area contributed by atoms with Crippen LogP contribution in [0.3, 0.4) is 0 Å². The summed E-state index contributed by atoms with van der Waals surface area (Å²) in [6.45, 7) is 6.80. The summed E-state index contributed by atoms with van der Waals surface area (Å²) < 4.78 is 5.63. The average molecular weight is 345 g/mol. The van der Waals surface area contributed by atoms with Gasteiger partial charge in [0.05, 0.1) is 6.10 Å². The number of rotatable bonds is 6. The first kappa shape index (κ1) is 18.4. The first-order chi connectivity index (χ1) is 12.1. The Labute approximate surface area is 150 Å². The van der Waals surface area contributed by atoms with Crippen molar-refractivity contribution in [1.82, 2.24) is 10.2 Å². The molecule has 0 spiro atoms. The van der Waals surface area contributed by atoms with E-state index in [1.54, 1.807) is 0 Å². The number of carbonyl (C=O) groups excluding carboxylic acids is 1. The van der Waals surface area contributed by atoms with Crippen LogP contribution in [0.15, 0.2) is 24.3 Å². The van der Waals surface area contributed by atoms with Gasteiger partial charge in [-0.15, -0.1) is 0 Å². The normalized spacial score (nSPS) is 25.2. The summed E-state index contributed by atoms with van der Waals surface area (Å²) >= 11 is 0. The van der Waals surface area contributed by atoms with Crippen molar-refractivity contribution in [3.05, 3.63) is 35.4 Å². The van der Waals surface area contributed by atoms with Crippen LogP contribution < -0.4 is 11.1 Å². The van der Waals surface area contributed by atoms with Crippen molar-refractivity contribution >= 4 is 5.91 Å². The Kier molecular flexibility index (Phi) is 6.45. The molecule has 1 aromatic rings. The van der Waals surface area contributed by atoms with Crippen LogP contribution in [0.2, 0.25) is 0 Å². The zero-order valence-electron chi connectivity index (χ0n) is 15.2. The molecule has 25 heavy (non-hydrogen) atoms.